The molecule has 1 amide bonds. The van der Waals surface area contributed by atoms with E-state index in [1.54, 1.807) is 25.1 Å². The van der Waals surface area contributed by atoms with E-state index in [0.717, 1.165) is 5.56 Å². The Labute approximate surface area is 228 Å². The maximum atomic E-state index is 13.0. The summed E-state index contributed by atoms with van der Waals surface area (Å²) in [7, 11) is 0. The number of aromatic hydroxyl groups is 1. The van der Waals surface area contributed by atoms with Crippen LogP contribution < -0.4 is 21.3 Å². The Hall–Kier alpha value is -4.30. The molecule has 6 N–H and O–H groups in total. The van der Waals surface area contributed by atoms with Crippen LogP contribution in [0.1, 0.15) is 56.8 Å². The molecule has 2 aromatic carbocycles. The highest BCUT2D eigenvalue weighted by Crippen LogP contribution is 2.28. The van der Waals surface area contributed by atoms with Crippen molar-refractivity contribution in [2.75, 3.05) is 36.9 Å². The van der Waals surface area contributed by atoms with Crippen molar-refractivity contribution in [3.05, 3.63) is 53.1 Å². The number of aliphatic hydroxyl groups excluding tert-OH is 1. The summed E-state index contributed by atoms with van der Waals surface area (Å²) in [5, 5.41) is 41.1. The van der Waals surface area contributed by atoms with Crippen LogP contribution in [0, 0.1) is 11.3 Å². The largest absolute Gasteiger partial charge is 0.508 e. The molecule has 0 bridgehead atoms. The number of nitriles is 1. The van der Waals surface area contributed by atoms with E-state index in [2.05, 4.69) is 32.3 Å². The minimum Gasteiger partial charge on any atom is -0.508 e. The van der Waals surface area contributed by atoms with E-state index in [4.69, 9.17) is 4.74 Å². The number of ether oxygens (including phenoxy) is 1. The van der Waals surface area contributed by atoms with Crippen molar-refractivity contribution in [2.45, 2.75) is 51.7 Å². The number of benzene rings is 2. The maximum absolute atomic E-state index is 13.0. The van der Waals surface area contributed by atoms with Gasteiger partial charge in [-0.3, -0.25) is 14.6 Å². The van der Waals surface area contributed by atoms with Crippen molar-refractivity contribution in [3.8, 4) is 11.8 Å². The first kappa shape index (κ1) is 29.3. The van der Waals surface area contributed by atoms with Crippen LogP contribution in [0.3, 0.4) is 0 Å². The van der Waals surface area contributed by atoms with E-state index in [1.165, 1.54) is 12.1 Å². The van der Waals surface area contributed by atoms with E-state index < -0.39 is 24.0 Å². The minimum atomic E-state index is -0.708. The number of β-amino-alcohol motifs (C(OH)–C–C–N with tert-alkyl or cyclic N) is 1. The van der Waals surface area contributed by atoms with Gasteiger partial charge in [0.2, 0.25) is 5.91 Å². The van der Waals surface area contributed by atoms with Gasteiger partial charge in [0.15, 0.2) is 5.96 Å². The molecule has 0 fully saturated rings. The Morgan fingerprint density at radius 1 is 1.21 bits per heavy atom. The first-order chi connectivity index (χ1) is 18.5. The third-order valence-corrected chi connectivity index (χ3v) is 5.96. The first-order valence-electron chi connectivity index (χ1n) is 12.8. The van der Waals surface area contributed by atoms with Gasteiger partial charge >= 0.3 is 5.97 Å². The van der Waals surface area contributed by atoms with E-state index in [9.17, 15) is 25.1 Å². The van der Waals surface area contributed by atoms with E-state index in [-0.39, 0.29) is 37.3 Å². The molecule has 0 saturated heterocycles. The molecule has 11 heteroatoms. The number of nitrogens with one attached hydrogen (secondary N) is 4. The summed E-state index contributed by atoms with van der Waals surface area (Å²) in [6, 6.07) is 11.5. The highest BCUT2D eigenvalue weighted by Gasteiger charge is 2.23. The summed E-state index contributed by atoms with van der Waals surface area (Å²) in [5.74, 6) is -0.423. The number of hydrogen-bond acceptors (Lipinski definition) is 10. The van der Waals surface area contributed by atoms with Crippen molar-refractivity contribution in [1.29, 1.82) is 5.26 Å². The monoisotopic (exact) mass is 536 g/mol. The average Bonchev–Trinajstić information content (AvgIpc) is 2.87. The van der Waals surface area contributed by atoms with E-state index >= 15 is 0 Å². The van der Waals surface area contributed by atoms with E-state index in [1.807, 2.05) is 26.8 Å². The Morgan fingerprint density at radius 3 is 2.59 bits per heavy atom. The zero-order chi connectivity index (χ0) is 28.6. The number of aliphatic hydroxyl groups is 1. The normalized spacial score (nSPS) is 15.7. The van der Waals surface area contributed by atoms with Crippen LogP contribution in [0.4, 0.5) is 11.4 Å². The number of phenolic OH excluding ortho intramolecular Hbond substituents is 1. The number of carbonyl (C=O) groups is 2. The Morgan fingerprint density at radius 2 is 1.95 bits per heavy atom. The molecule has 2 unspecified atom stereocenters. The van der Waals surface area contributed by atoms with Gasteiger partial charge in [0.1, 0.15) is 5.75 Å². The molecule has 2 aromatic rings. The van der Waals surface area contributed by atoms with Gasteiger partial charge in [-0.25, -0.2) is 0 Å². The second-order valence-corrected chi connectivity index (χ2v) is 10.3. The highest BCUT2D eigenvalue weighted by molar-refractivity contribution is 5.94. The van der Waals surface area contributed by atoms with Gasteiger partial charge in [0.05, 0.1) is 49.9 Å². The predicted molar refractivity (Wildman–Crippen MR) is 149 cm³/mol. The summed E-state index contributed by atoms with van der Waals surface area (Å²) in [4.78, 5) is 29.5. The van der Waals surface area contributed by atoms with Crippen LogP contribution in [-0.2, 0) is 19.7 Å². The molecule has 0 aliphatic carbocycles. The summed E-state index contributed by atoms with van der Waals surface area (Å²) < 4.78 is 5.12. The fourth-order valence-electron chi connectivity index (χ4n) is 3.95. The quantitative estimate of drug-likeness (QED) is 0.264. The Bertz CT molecular complexity index is 1260. The molecule has 3 rings (SSSR count). The molecule has 1 aliphatic heterocycles. The summed E-state index contributed by atoms with van der Waals surface area (Å²) >= 11 is 0. The fourth-order valence-corrected chi connectivity index (χ4v) is 3.95. The number of esters is 1. The minimum absolute atomic E-state index is 0.0254. The molecule has 39 heavy (non-hydrogen) atoms. The molecular formula is C28H36N6O5. The van der Waals surface area contributed by atoms with Crippen molar-refractivity contribution < 1.29 is 24.5 Å². The van der Waals surface area contributed by atoms with E-state index in [0.29, 0.717) is 35.0 Å². The van der Waals surface area contributed by atoms with Crippen molar-refractivity contribution in [3.63, 3.8) is 0 Å². The first-order valence-corrected chi connectivity index (χ1v) is 12.8. The van der Waals surface area contributed by atoms with Crippen LogP contribution in [0.25, 0.3) is 0 Å². The van der Waals surface area contributed by atoms with Crippen molar-refractivity contribution >= 4 is 29.2 Å². The smallest absolute Gasteiger partial charge is 0.308 e. The van der Waals surface area contributed by atoms with Crippen molar-refractivity contribution in [2.24, 2.45) is 4.99 Å². The van der Waals surface area contributed by atoms with Crippen LogP contribution in [0.2, 0.25) is 0 Å². The lowest BCUT2D eigenvalue weighted by Gasteiger charge is -2.24. The summed E-state index contributed by atoms with van der Waals surface area (Å²) in [6.07, 6.45) is -0.646. The number of aliphatic imine (C=N–C) groups is 1. The maximum Gasteiger partial charge on any atom is 0.308 e. The molecule has 0 aromatic heterocycles. The molecule has 0 saturated carbocycles. The molecular weight excluding hydrogens is 500 g/mol. The summed E-state index contributed by atoms with van der Waals surface area (Å²) in [5.41, 5.74) is 2.74. The number of rotatable bonds is 9. The highest BCUT2D eigenvalue weighted by atomic mass is 16.5. The lowest BCUT2D eigenvalue weighted by molar-refractivity contribution is -0.143. The molecule has 1 aliphatic rings. The lowest BCUT2D eigenvalue weighted by Crippen LogP contribution is -2.42. The number of guanidine groups is 1. The van der Waals surface area contributed by atoms with Gasteiger partial charge in [-0.2, -0.15) is 5.26 Å². The Kier molecular flexibility index (Phi) is 9.73. The predicted octanol–water partition coefficient (Wildman–Crippen LogP) is 2.52. The number of hydrogen-bond donors (Lipinski definition) is 6. The number of nitrogens with zero attached hydrogens (tertiary/aromatic N) is 2. The zero-order valence-electron chi connectivity index (χ0n) is 22.7. The van der Waals surface area contributed by atoms with Crippen LogP contribution >= 0.6 is 0 Å². The molecule has 208 valence electrons. The molecule has 1 heterocycles. The van der Waals surface area contributed by atoms with Crippen LogP contribution in [0.15, 0.2) is 41.4 Å². The topological polar surface area (TPSA) is 168 Å². The Balaban J connectivity index is 1.74. The zero-order valence-corrected chi connectivity index (χ0v) is 22.7. The van der Waals surface area contributed by atoms with Crippen LogP contribution in [-0.4, -0.2) is 60.4 Å². The average molecular weight is 537 g/mol. The number of anilines is 2. The lowest BCUT2D eigenvalue weighted by atomic mass is 9.84. The molecule has 2 atom stereocenters. The molecule has 11 nitrogen and oxygen atoms in total. The van der Waals surface area contributed by atoms with Gasteiger partial charge in [-0.1, -0.05) is 26.8 Å². The number of phenols is 1. The number of amides is 1. The van der Waals surface area contributed by atoms with Gasteiger partial charge < -0.3 is 36.2 Å². The molecule has 0 radical (unpaired) electrons. The number of carbonyl (C=O) groups excluding carboxylic acids is 2. The van der Waals surface area contributed by atoms with Gasteiger partial charge in [-0.15, -0.1) is 0 Å². The SMILES string of the molecule is CCOC(=O)CC(NC(=O)CNc1cc(O)cc(NC2=NCC(O)CN2)c1)c1cc(C#N)cc(C(C)(C)C)c1. The second kappa shape index (κ2) is 13.0. The van der Waals surface area contributed by atoms with Gasteiger partial charge in [0.25, 0.3) is 0 Å². The van der Waals surface area contributed by atoms with Gasteiger partial charge in [0, 0.05) is 30.1 Å². The third-order valence-electron chi connectivity index (χ3n) is 5.96. The fraction of sp³-hybridized carbons (Fsp3) is 0.429. The van der Waals surface area contributed by atoms with Crippen molar-refractivity contribution in [1.82, 2.24) is 10.6 Å². The third kappa shape index (κ3) is 8.90. The molecule has 0 spiro atoms. The standard InChI is InChI=1S/C28H36N6O5/c1-5-39-26(38)12-24(18-6-17(13-29)7-19(8-18)28(2,3)4)34-25(37)16-30-20-9-21(11-22(35)10-20)33-27-31-14-23(36)15-32-27/h6-11,23-24,30,35-36H,5,12,14-16H2,1-4H3,(H,34,37)(H2,31,32,33). The van der Waals surface area contributed by atoms with Gasteiger partial charge in [-0.05, 0) is 41.7 Å². The summed E-state index contributed by atoms with van der Waals surface area (Å²) in [6.45, 7) is 8.47. The second-order valence-electron chi connectivity index (χ2n) is 10.3. The van der Waals surface area contributed by atoms with Crippen LogP contribution in [0.5, 0.6) is 5.75 Å².